The Kier molecular flexibility index (Phi) is 4.11. The standard InChI is InChI=1S/C9H14ClN3O2/c1-6-7(10)5-12-13(6)4-3-8(11)9(14)15-2/h5,8H,3-4,11H2,1-2H3. The van der Waals surface area contributed by atoms with E-state index in [2.05, 4.69) is 9.84 Å². The molecule has 0 aromatic carbocycles. The summed E-state index contributed by atoms with van der Waals surface area (Å²) < 4.78 is 6.23. The van der Waals surface area contributed by atoms with Crippen molar-refractivity contribution in [1.82, 2.24) is 9.78 Å². The van der Waals surface area contributed by atoms with Crippen molar-refractivity contribution in [3.63, 3.8) is 0 Å². The number of carbonyl (C=O) groups is 1. The lowest BCUT2D eigenvalue weighted by Gasteiger charge is -2.09. The van der Waals surface area contributed by atoms with Crippen molar-refractivity contribution in [1.29, 1.82) is 0 Å². The maximum Gasteiger partial charge on any atom is 0.322 e. The van der Waals surface area contributed by atoms with Gasteiger partial charge in [0.25, 0.3) is 0 Å². The first-order chi connectivity index (χ1) is 7.06. The van der Waals surface area contributed by atoms with Crippen molar-refractivity contribution in [2.75, 3.05) is 7.11 Å². The van der Waals surface area contributed by atoms with E-state index in [1.807, 2.05) is 6.92 Å². The molecule has 1 unspecified atom stereocenters. The van der Waals surface area contributed by atoms with Gasteiger partial charge in [-0.15, -0.1) is 0 Å². The van der Waals surface area contributed by atoms with Crippen LogP contribution in [0.3, 0.4) is 0 Å². The fraction of sp³-hybridized carbons (Fsp3) is 0.556. The van der Waals surface area contributed by atoms with E-state index in [0.717, 1.165) is 5.69 Å². The number of hydrogen-bond acceptors (Lipinski definition) is 4. The lowest BCUT2D eigenvalue weighted by Crippen LogP contribution is -2.32. The third kappa shape index (κ3) is 2.94. The van der Waals surface area contributed by atoms with Crippen LogP contribution in [0, 0.1) is 6.92 Å². The van der Waals surface area contributed by atoms with Crippen LogP contribution in [0.5, 0.6) is 0 Å². The Hall–Kier alpha value is -1.07. The second-order valence-corrected chi connectivity index (χ2v) is 3.63. The molecule has 0 spiro atoms. The second-order valence-electron chi connectivity index (χ2n) is 3.22. The molecule has 0 radical (unpaired) electrons. The minimum Gasteiger partial charge on any atom is -0.468 e. The monoisotopic (exact) mass is 231 g/mol. The van der Waals surface area contributed by atoms with Crippen LogP contribution in [0.2, 0.25) is 5.02 Å². The summed E-state index contributed by atoms with van der Waals surface area (Å²) in [5.74, 6) is -0.411. The zero-order valence-electron chi connectivity index (χ0n) is 8.74. The van der Waals surface area contributed by atoms with Gasteiger partial charge in [-0.1, -0.05) is 11.6 Å². The minimum atomic E-state index is -0.614. The number of rotatable bonds is 4. The van der Waals surface area contributed by atoms with E-state index in [0.29, 0.717) is 18.0 Å². The van der Waals surface area contributed by atoms with E-state index in [4.69, 9.17) is 17.3 Å². The number of aryl methyl sites for hydroxylation is 1. The van der Waals surface area contributed by atoms with Gasteiger partial charge in [0.15, 0.2) is 0 Å². The molecule has 0 saturated heterocycles. The van der Waals surface area contributed by atoms with Crippen LogP contribution in [0.4, 0.5) is 0 Å². The Morgan fingerprint density at radius 1 is 1.80 bits per heavy atom. The quantitative estimate of drug-likeness (QED) is 0.776. The smallest absolute Gasteiger partial charge is 0.322 e. The third-order valence-electron chi connectivity index (χ3n) is 2.20. The predicted molar refractivity (Wildman–Crippen MR) is 56.6 cm³/mol. The van der Waals surface area contributed by atoms with E-state index >= 15 is 0 Å². The molecule has 1 aromatic heterocycles. The van der Waals surface area contributed by atoms with E-state index in [1.54, 1.807) is 10.9 Å². The Morgan fingerprint density at radius 3 is 2.93 bits per heavy atom. The fourth-order valence-electron chi connectivity index (χ4n) is 1.18. The van der Waals surface area contributed by atoms with E-state index < -0.39 is 12.0 Å². The van der Waals surface area contributed by atoms with Crippen molar-refractivity contribution in [2.24, 2.45) is 5.73 Å². The van der Waals surface area contributed by atoms with Crippen LogP contribution in [0.15, 0.2) is 6.20 Å². The lowest BCUT2D eigenvalue weighted by atomic mass is 10.2. The molecule has 0 aliphatic heterocycles. The molecule has 0 amide bonds. The van der Waals surface area contributed by atoms with Gasteiger partial charge in [0, 0.05) is 6.54 Å². The molecule has 6 heteroatoms. The summed E-state index contributed by atoms with van der Waals surface area (Å²) in [7, 11) is 1.32. The van der Waals surface area contributed by atoms with Gasteiger partial charge < -0.3 is 10.5 Å². The van der Waals surface area contributed by atoms with Crippen molar-refractivity contribution < 1.29 is 9.53 Å². The van der Waals surface area contributed by atoms with Gasteiger partial charge in [-0.2, -0.15) is 5.10 Å². The van der Waals surface area contributed by atoms with Crippen molar-refractivity contribution in [3.05, 3.63) is 16.9 Å². The molecule has 0 aliphatic rings. The number of hydrogen-bond donors (Lipinski definition) is 1. The van der Waals surface area contributed by atoms with Crippen molar-refractivity contribution in [2.45, 2.75) is 25.9 Å². The number of esters is 1. The Bertz CT molecular complexity index is 351. The number of carbonyl (C=O) groups excluding carboxylic acids is 1. The third-order valence-corrected chi connectivity index (χ3v) is 2.57. The maximum absolute atomic E-state index is 11.0. The van der Waals surface area contributed by atoms with E-state index in [1.165, 1.54) is 7.11 Å². The molecule has 1 atom stereocenters. The van der Waals surface area contributed by atoms with Crippen LogP contribution in [0.25, 0.3) is 0 Å². The number of ether oxygens (including phenoxy) is 1. The van der Waals surface area contributed by atoms with E-state index in [-0.39, 0.29) is 0 Å². The molecule has 0 bridgehead atoms. The molecule has 1 aromatic rings. The normalized spacial score (nSPS) is 12.5. The SMILES string of the molecule is COC(=O)C(N)CCn1ncc(Cl)c1C. The largest absolute Gasteiger partial charge is 0.468 e. The molecule has 2 N–H and O–H groups in total. The number of methoxy groups -OCH3 is 1. The highest BCUT2D eigenvalue weighted by Crippen LogP contribution is 2.13. The first-order valence-corrected chi connectivity index (χ1v) is 4.95. The van der Waals surface area contributed by atoms with Gasteiger partial charge >= 0.3 is 5.97 Å². The van der Waals surface area contributed by atoms with Crippen molar-refractivity contribution >= 4 is 17.6 Å². The second kappa shape index (κ2) is 5.14. The van der Waals surface area contributed by atoms with Gasteiger partial charge in [0.1, 0.15) is 6.04 Å². The molecule has 5 nitrogen and oxygen atoms in total. The average Bonchev–Trinajstić information content (AvgIpc) is 2.55. The highest BCUT2D eigenvalue weighted by Gasteiger charge is 2.14. The van der Waals surface area contributed by atoms with Crippen LogP contribution < -0.4 is 5.73 Å². The van der Waals surface area contributed by atoms with Gasteiger partial charge in [-0.3, -0.25) is 9.48 Å². The fourth-order valence-corrected chi connectivity index (χ4v) is 1.32. The Morgan fingerprint density at radius 2 is 2.47 bits per heavy atom. The molecule has 1 rings (SSSR count). The van der Waals surface area contributed by atoms with Crippen LogP contribution in [-0.4, -0.2) is 28.9 Å². The summed E-state index contributed by atoms with van der Waals surface area (Å²) in [5.41, 5.74) is 6.45. The molecule has 1 heterocycles. The van der Waals surface area contributed by atoms with Gasteiger partial charge in [0.2, 0.25) is 0 Å². The molecule has 0 saturated carbocycles. The molecular weight excluding hydrogens is 218 g/mol. The topological polar surface area (TPSA) is 70.1 Å². The number of nitrogens with two attached hydrogens (primary N) is 1. The molecule has 0 fully saturated rings. The Balaban J connectivity index is 2.50. The predicted octanol–water partition coefficient (Wildman–Crippen LogP) is 0.735. The minimum absolute atomic E-state index is 0.411. The highest BCUT2D eigenvalue weighted by molar-refractivity contribution is 6.31. The number of aromatic nitrogens is 2. The van der Waals surface area contributed by atoms with Crippen molar-refractivity contribution in [3.8, 4) is 0 Å². The Labute approximate surface area is 93.1 Å². The highest BCUT2D eigenvalue weighted by atomic mass is 35.5. The summed E-state index contributed by atoms with van der Waals surface area (Å²) >= 11 is 5.83. The molecule has 0 aliphatic carbocycles. The summed E-state index contributed by atoms with van der Waals surface area (Å²) in [4.78, 5) is 11.0. The molecule has 15 heavy (non-hydrogen) atoms. The number of halogens is 1. The van der Waals surface area contributed by atoms with E-state index in [9.17, 15) is 4.79 Å². The summed E-state index contributed by atoms with van der Waals surface area (Å²) in [5, 5.41) is 4.66. The van der Waals surface area contributed by atoms with Gasteiger partial charge in [-0.05, 0) is 13.3 Å². The maximum atomic E-state index is 11.0. The van der Waals surface area contributed by atoms with Crippen LogP contribution in [0.1, 0.15) is 12.1 Å². The summed E-state index contributed by atoms with van der Waals surface area (Å²) in [6, 6.07) is -0.614. The molecular formula is C9H14ClN3O2. The summed E-state index contributed by atoms with van der Waals surface area (Å²) in [6.07, 6.45) is 2.05. The zero-order valence-corrected chi connectivity index (χ0v) is 9.49. The first kappa shape index (κ1) is 12.0. The summed E-state index contributed by atoms with van der Waals surface area (Å²) in [6.45, 7) is 2.41. The zero-order chi connectivity index (χ0) is 11.4. The molecule has 84 valence electrons. The van der Waals surface area contributed by atoms with Crippen LogP contribution >= 0.6 is 11.6 Å². The lowest BCUT2D eigenvalue weighted by molar-refractivity contribution is -0.142. The van der Waals surface area contributed by atoms with Gasteiger partial charge in [-0.25, -0.2) is 0 Å². The average molecular weight is 232 g/mol. The van der Waals surface area contributed by atoms with Gasteiger partial charge in [0.05, 0.1) is 24.0 Å². The number of nitrogens with zero attached hydrogens (tertiary/aromatic N) is 2. The first-order valence-electron chi connectivity index (χ1n) is 4.57. The van der Waals surface area contributed by atoms with Crippen LogP contribution in [-0.2, 0) is 16.1 Å².